The van der Waals surface area contributed by atoms with E-state index in [-0.39, 0.29) is 51.4 Å². The number of carbonyl (C=O) groups is 1. The zero-order valence-corrected chi connectivity index (χ0v) is 25.6. The van der Waals surface area contributed by atoms with Crippen LogP contribution in [0.3, 0.4) is 0 Å². The highest BCUT2D eigenvalue weighted by molar-refractivity contribution is 6.34. The molecule has 0 saturated carbocycles. The molecule has 1 aliphatic heterocycles. The van der Waals surface area contributed by atoms with Crippen LogP contribution in [0.4, 0.5) is 15.9 Å². The number of aromatic nitrogens is 5. The minimum Gasteiger partial charge on any atom is -0.398 e. The number of anilines is 2. The highest BCUT2D eigenvalue weighted by Gasteiger charge is 2.31. The van der Waals surface area contributed by atoms with Crippen molar-refractivity contribution in [1.82, 2.24) is 29.4 Å². The summed E-state index contributed by atoms with van der Waals surface area (Å²) in [5.74, 6) is -0.528. The van der Waals surface area contributed by atoms with Crippen molar-refractivity contribution in [1.29, 1.82) is 0 Å². The van der Waals surface area contributed by atoms with Gasteiger partial charge < -0.3 is 15.5 Å². The van der Waals surface area contributed by atoms with Gasteiger partial charge in [-0.05, 0) is 43.0 Å². The number of benzene rings is 1. The molecule has 5 rings (SSSR count). The number of piperazine rings is 1. The van der Waals surface area contributed by atoms with E-state index in [0.717, 1.165) is 0 Å². The van der Waals surface area contributed by atoms with Crippen molar-refractivity contribution in [3.8, 4) is 16.9 Å². The van der Waals surface area contributed by atoms with E-state index in [1.165, 1.54) is 29.1 Å². The third-order valence-electron chi connectivity index (χ3n) is 7.67. The molecule has 0 spiro atoms. The average molecular weight is 605 g/mol. The second-order valence-corrected chi connectivity index (χ2v) is 11.7. The Kier molecular flexibility index (Phi) is 8.20. The molecule has 1 fully saturated rings. The summed E-state index contributed by atoms with van der Waals surface area (Å²) in [6, 6.07) is 5.80. The Morgan fingerprint density at radius 2 is 1.81 bits per heavy atom. The zero-order valence-electron chi connectivity index (χ0n) is 24.8. The fraction of sp³-hybridized carbons (Fsp3) is 0.355. The van der Waals surface area contributed by atoms with Crippen molar-refractivity contribution in [3.63, 3.8) is 0 Å². The van der Waals surface area contributed by atoms with E-state index < -0.39 is 11.5 Å². The van der Waals surface area contributed by atoms with E-state index in [4.69, 9.17) is 22.3 Å². The van der Waals surface area contributed by atoms with Crippen LogP contribution in [0.5, 0.6) is 0 Å². The van der Waals surface area contributed by atoms with Crippen LogP contribution >= 0.6 is 11.6 Å². The fourth-order valence-electron chi connectivity index (χ4n) is 5.57. The Labute approximate surface area is 254 Å². The molecule has 1 aliphatic rings. The molecule has 224 valence electrons. The largest absolute Gasteiger partial charge is 0.398 e. The first kappa shape index (κ1) is 30.1. The Bertz CT molecular complexity index is 1760. The molecule has 1 aromatic carbocycles. The summed E-state index contributed by atoms with van der Waals surface area (Å²) in [5, 5.41) is 0.620. The maximum absolute atomic E-state index is 15.2. The number of amides is 1. The minimum absolute atomic E-state index is 0.0363. The first-order chi connectivity index (χ1) is 20.4. The zero-order chi connectivity index (χ0) is 31.2. The van der Waals surface area contributed by atoms with Crippen LogP contribution in [0.1, 0.15) is 57.8 Å². The van der Waals surface area contributed by atoms with E-state index in [1.807, 2.05) is 39.5 Å². The number of rotatable bonds is 6. The SMILES string of the molecule is C=CC(=O)N1CCN(c2nc(=O)n(-c3c(C(C)C)ncnc3C(C)C)c3nc(-c4c(N)cccc4F)c(Cl)cc23)[C@@H](C)C1. The highest BCUT2D eigenvalue weighted by Crippen LogP contribution is 2.38. The smallest absolute Gasteiger partial charge is 0.355 e. The first-order valence-electron chi connectivity index (χ1n) is 14.1. The molecule has 43 heavy (non-hydrogen) atoms. The maximum Gasteiger partial charge on any atom is 0.355 e. The van der Waals surface area contributed by atoms with Gasteiger partial charge in [0.15, 0.2) is 5.65 Å². The lowest BCUT2D eigenvalue weighted by atomic mass is 10.0. The standard InChI is InChI=1S/C31H34ClFN8O2/c1-7-23(42)39-11-12-40(18(6)14-39)29-19-13-20(32)27(24-21(33)9-8-10-22(24)34)37-30(19)41(31(43)38-29)28-25(16(2)3)35-15-36-26(28)17(4)5/h7-10,13,15-18H,1,11-12,14,34H2,2-6H3/t18-/m0/s1. The van der Waals surface area contributed by atoms with Crippen LogP contribution in [-0.2, 0) is 4.79 Å². The van der Waals surface area contributed by atoms with Gasteiger partial charge >= 0.3 is 5.69 Å². The molecule has 0 aliphatic carbocycles. The van der Waals surface area contributed by atoms with E-state index >= 15 is 4.39 Å². The number of pyridine rings is 1. The van der Waals surface area contributed by atoms with Crippen LogP contribution in [0.2, 0.25) is 5.02 Å². The summed E-state index contributed by atoms with van der Waals surface area (Å²) >= 11 is 6.81. The lowest BCUT2D eigenvalue weighted by Gasteiger charge is -2.40. The number of hydrogen-bond donors (Lipinski definition) is 1. The van der Waals surface area contributed by atoms with Gasteiger partial charge in [-0.15, -0.1) is 0 Å². The van der Waals surface area contributed by atoms with Gasteiger partial charge in [0.2, 0.25) is 5.91 Å². The lowest BCUT2D eigenvalue weighted by Crippen LogP contribution is -2.54. The van der Waals surface area contributed by atoms with Crippen molar-refractivity contribution >= 4 is 40.0 Å². The normalized spacial score (nSPS) is 15.5. The van der Waals surface area contributed by atoms with Gasteiger partial charge in [-0.2, -0.15) is 4.98 Å². The molecule has 12 heteroatoms. The molecule has 10 nitrogen and oxygen atoms in total. The second-order valence-electron chi connectivity index (χ2n) is 11.3. The van der Waals surface area contributed by atoms with Gasteiger partial charge in [0.05, 0.1) is 38.7 Å². The number of fused-ring (bicyclic) bond motifs is 1. The Morgan fingerprint density at radius 3 is 2.40 bits per heavy atom. The summed E-state index contributed by atoms with van der Waals surface area (Å²) in [6.07, 6.45) is 2.78. The third-order valence-corrected chi connectivity index (χ3v) is 7.95. The van der Waals surface area contributed by atoms with Crippen LogP contribution in [0.25, 0.3) is 28.0 Å². The predicted molar refractivity (Wildman–Crippen MR) is 167 cm³/mol. The summed E-state index contributed by atoms with van der Waals surface area (Å²) in [5.41, 5.74) is 7.88. The summed E-state index contributed by atoms with van der Waals surface area (Å²) in [6.45, 7) is 14.7. The second kappa shape index (κ2) is 11.7. The number of nitrogens with zero attached hydrogens (tertiary/aromatic N) is 7. The molecule has 1 atom stereocenters. The summed E-state index contributed by atoms with van der Waals surface area (Å²) < 4.78 is 16.6. The van der Waals surface area contributed by atoms with Crippen molar-refractivity contribution in [3.05, 3.63) is 76.0 Å². The molecular formula is C31H34ClFN8O2. The van der Waals surface area contributed by atoms with E-state index in [1.54, 1.807) is 17.0 Å². The fourth-order valence-corrected chi connectivity index (χ4v) is 5.82. The van der Waals surface area contributed by atoms with Crippen molar-refractivity contribution < 1.29 is 9.18 Å². The highest BCUT2D eigenvalue weighted by atomic mass is 35.5. The van der Waals surface area contributed by atoms with Crippen LogP contribution < -0.4 is 16.3 Å². The van der Waals surface area contributed by atoms with Gasteiger partial charge in [-0.3, -0.25) is 4.79 Å². The summed E-state index contributed by atoms with van der Waals surface area (Å²) in [4.78, 5) is 48.6. The molecule has 1 saturated heterocycles. The average Bonchev–Trinajstić information content (AvgIpc) is 2.96. The maximum atomic E-state index is 15.2. The third kappa shape index (κ3) is 5.33. The van der Waals surface area contributed by atoms with Crippen LogP contribution in [0.15, 0.2) is 48.0 Å². The molecule has 0 unspecified atom stereocenters. The predicted octanol–water partition coefficient (Wildman–Crippen LogP) is 5.08. The monoisotopic (exact) mass is 604 g/mol. The van der Waals surface area contributed by atoms with Crippen molar-refractivity contribution in [2.45, 2.75) is 52.5 Å². The van der Waals surface area contributed by atoms with Crippen LogP contribution in [0, 0.1) is 5.82 Å². The minimum atomic E-state index is -0.597. The lowest BCUT2D eigenvalue weighted by molar-refractivity contribution is -0.126. The Hall–Kier alpha value is -4.38. The molecule has 3 aromatic heterocycles. The van der Waals surface area contributed by atoms with Crippen molar-refractivity contribution in [2.24, 2.45) is 0 Å². The van der Waals surface area contributed by atoms with E-state index in [2.05, 4.69) is 21.5 Å². The first-order valence-corrected chi connectivity index (χ1v) is 14.5. The Morgan fingerprint density at radius 1 is 1.14 bits per heavy atom. The van der Waals surface area contributed by atoms with Crippen LogP contribution in [-0.4, -0.2) is 61.0 Å². The van der Waals surface area contributed by atoms with Crippen molar-refractivity contribution in [2.75, 3.05) is 30.3 Å². The number of halogens is 2. The van der Waals surface area contributed by atoms with Gasteiger partial charge in [-0.1, -0.05) is 51.9 Å². The molecule has 1 amide bonds. The van der Waals surface area contributed by atoms with Gasteiger partial charge in [0, 0.05) is 31.4 Å². The summed E-state index contributed by atoms with van der Waals surface area (Å²) in [7, 11) is 0. The molecule has 2 N–H and O–H groups in total. The Balaban J connectivity index is 1.86. The quantitative estimate of drug-likeness (QED) is 0.239. The number of nitrogen functional groups attached to an aromatic ring is 1. The molecule has 4 heterocycles. The van der Waals surface area contributed by atoms with Gasteiger partial charge in [-0.25, -0.2) is 28.7 Å². The number of hydrogen-bond acceptors (Lipinski definition) is 8. The molecular weight excluding hydrogens is 571 g/mol. The van der Waals surface area contributed by atoms with Gasteiger partial charge in [0.25, 0.3) is 0 Å². The molecule has 0 radical (unpaired) electrons. The topological polar surface area (TPSA) is 123 Å². The number of carbonyl (C=O) groups excluding carboxylic acids is 1. The molecule has 0 bridgehead atoms. The number of nitrogens with two attached hydrogens (primary N) is 1. The molecule has 4 aromatic rings. The van der Waals surface area contributed by atoms with E-state index in [0.29, 0.717) is 47.9 Å². The van der Waals surface area contributed by atoms with E-state index in [9.17, 15) is 9.59 Å². The van der Waals surface area contributed by atoms with Gasteiger partial charge in [0.1, 0.15) is 18.0 Å².